The Morgan fingerprint density at radius 2 is 2.00 bits per heavy atom. The summed E-state index contributed by atoms with van der Waals surface area (Å²) in [5, 5.41) is 9.51. The molecule has 1 aromatic rings. The fraction of sp³-hybridized carbons (Fsp3) is 0.625. The number of nitrogens with zero attached hydrogens (tertiary/aromatic N) is 4. The Bertz CT molecular complexity index is 653. The first kappa shape index (κ1) is 15.7. The van der Waals surface area contributed by atoms with Crippen molar-refractivity contribution in [1.29, 1.82) is 0 Å². The average Bonchev–Trinajstić information content (AvgIpc) is 2.76. The molecule has 1 spiro atoms. The minimum Gasteiger partial charge on any atom is -0.481 e. The Balaban J connectivity index is 1.83. The molecule has 1 N–H and O–H groups in total. The summed E-state index contributed by atoms with van der Waals surface area (Å²) in [6.07, 6.45) is 3.13. The van der Waals surface area contributed by atoms with Gasteiger partial charge in [0.1, 0.15) is 5.82 Å². The van der Waals surface area contributed by atoms with Gasteiger partial charge in [0.15, 0.2) is 0 Å². The SMILES string of the molecule is Cc1cnc(C)c(N2CCC3(CC2)[C@H](C(=O)O)CC(=O)N3C)n1. The fourth-order valence-corrected chi connectivity index (χ4v) is 3.91. The van der Waals surface area contributed by atoms with Crippen molar-refractivity contribution in [3.63, 3.8) is 0 Å². The van der Waals surface area contributed by atoms with Crippen LogP contribution in [0.2, 0.25) is 0 Å². The van der Waals surface area contributed by atoms with Gasteiger partial charge in [-0.05, 0) is 26.7 Å². The molecular formula is C16H22N4O3. The molecule has 0 radical (unpaired) electrons. The second kappa shape index (κ2) is 5.47. The number of likely N-dealkylation sites (tertiary alicyclic amines) is 1. The minimum atomic E-state index is -0.873. The number of aromatic nitrogens is 2. The van der Waals surface area contributed by atoms with Gasteiger partial charge in [-0.2, -0.15) is 0 Å². The summed E-state index contributed by atoms with van der Waals surface area (Å²) in [5.74, 6) is -0.703. The molecule has 23 heavy (non-hydrogen) atoms. The maximum Gasteiger partial charge on any atom is 0.309 e. The second-order valence-electron chi connectivity index (χ2n) is 6.56. The lowest BCUT2D eigenvalue weighted by Crippen LogP contribution is -2.56. The largest absolute Gasteiger partial charge is 0.481 e. The van der Waals surface area contributed by atoms with E-state index in [1.165, 1.54) is 0 Å². The van der Waals surface area contributed by atoms with Crippen molar-refractivity contribution >= 4 is 17.7 Å². The van der Waals surface area contributed by atoms with Gasteiger partial charge in [-0.15, -0.1) is 0 Å². The molecule has 1 amide bonds. The van der Waals surface area contributed by atoms with Gasteiger partial charge in [0.25, 0.3) is 0 Å². The highest BCUT2D eigenvalue weighted by molar-refractivity contribution is 5.88. The van der Waals surface area contributed by atoms with E-state index in [0.29, 0.717) is 25.9 Å². The van der Waals surface area contributed by atoms with Gasteiger partial charge in [0.05, 0.1) is 22.8 Å². The first-order valence-corrected chi connectivity index (χ1v) is 7.90. The van der Waals surface area contributed by atoms with E-state index in [-0.39, 0.29) is 12.3 Å². The third kappa shape index (κ3) is 2.44. The molecule has 3 heterocycles. The van der Waals surface area contributed by atoms with Crippen LogP contribution in [0.25, 0.3) is 0 Å². The lowest BCUT2D eigenvalue weighted by atomic mass is 9.77. The number of piperidine rings is 1. The van der Waals surface area contributed by atoms with Gasteiger partial charge in [0, 0.05) is 32.8 Å². The molecule has 2 aliphatic heterocycles. The molecule has 2 saturated heterocycles. The number of hydrogen-bond donors (Lipinski definition) is 1. The Morgan fingerprint density at radius 3 is 2.61 bits per heavy atom. The van der Waals surface area contributed by atoms with Crippen LogP contribution in [0.1, 0.15) is 30.7 Å². The number of hydrogen-bond acceptors (Lipinski definition) is 5. The Morgan fingerprint density at radius 1 is 1.35 bits per heavy atom. The molecule has 124 valence electrons. The first-order valence-electron chi connectivity index (χ1n) is 7.90. The molecule has 7 nitrogen and oxygen atoms in total. The van der Waals surface area contributed by atoms with E-state index in [9.17, 15) is 14.7 Å². The number of aliphatic carboxylic acids is 1. The summed E-state index contributed by atoms with van der Waals surface area (Å²) in [5.41, 5.74) is 1.17. The van der Waals surface area contributed by atoms with Gasteiger partial charge in [-0.3, -0.25) is 14.6 Å². The van der Waals surface area contributed by atoms with Gasteiger partial charge >= 0.3 is 5.97 Å². The smallest absolute Gasteiger partial charge is 0.309 e. The molecule has 2 fully saturated rings. The van der Waals surface area contributed by atoms with Crippen molar-refractivity contribution in [2.75, 3.05) is 25.0 Å². The normalized spacial score (nSPS) is 23.6. The summed E-state index contributed by atoms with van der Waals surface area (Å²) in [6, 6.07) is 0. The molecular weight excluding hydrogens is 296 g/mol. The Kier molecular flexibility index (Phi) is 3.74. The quantitative estimate of drug-likeness (QED) is 0.875. The van der Waals surface area contributed by atoms with Crippen molar-refractivity contribution in [1.82, 2.24) is 14.9 Å². The number of amides is 1. The van der Waals surface area contributed by atoms with Crippen LogP contribution in [0.5, 0.6) is 0 Å². The second-order valence-corrected chi connectivity index (χ2v) is 6.56. The van der Waals surface area contributed by atoms with Crippen LogP contribution in [0, 0.1) is 19.8 Å². The number of carbonyl (C=O) groups is 2. The molecule has 0 bridgehead atoms. The van der Waals surface area contributed by atoms with E-state index in [2.05, 4.69) is 14.9 Å². The predicted molar refractivity (Wildman–Crippen MR) is 84.2 cm³/mol. The van der Waals surface area contributed by atoms with E-state index in [4.69, 9.17) is 0 Å². The maximum atomic E-state index is 12.0. The number of carbonyl (C=O) groups excluding carboxylic acids is 1. The Hall–Kier alpha value is -2.18. The number of carboxylic acid groups (broad SMARTS) is 1. The molecule has 0 unspecified atom stereocenters. The van der Waals surface area contributed by atoms with Crippen LogP contribution in [0.3, 0.4) is 0 Å². The van der Waals surface area contributed by atoms with Crippen LogP contribution in [-0.2, 0) is 9.59 Å². The highest BCUT2D eigenvalue weighted by atomic mass is 16.4. The van der Waals surface area contributed by atoms with Crippen molar-refractivity contribution in [3.05, 3.63) is 17.6 Å². The zero-order valence-corrected chi connectivity index (χ0v) is 13.7. The van der Waals surface area contributed by atoms with E-state index >= 15 is 0 Å². The molecule has 0 aliphatic carbocycles. The molecule has 0 aromatic carbocycles. The van der Waals surface area contributed by atoms with Crippen molar-refractivity contribution < 1.29 is 14.7 Å². The van der Waals surface area contributed by atoms with E-state index < -0.39 is 17.4 Å². The van der Waals surface area contributed by atoms with Gasteiger partial charge in [0.2, 0.25) is 5.91 Å². The zero-order valence-electron chi connectivity index (χ0n) is 13.7. The van der Waals surface area contributed by atoms with Gasteiger partial charge in [-0.1, -0.05) is 0 Å². The third-order valence-electron chi connectivity index (χ3n) is 5.35. The van der Waals surface area contributed by atoms with E-state index in [1.54, 1.807) is 18.1 Å². The minimum absolute atomic E-state index is 0.0719. The molecule has 3 rings (SSSR count). The van der Waals surface area contributed by atoms with Crippen LogP contribution >= 0.6 is 0 Å². The highest BCUT2D eigenvalue weighted by Gasteiger charge is 2.55. The molecule has 0 saturated carbocycles. The fourth-order valence-electron chi connectivity index (χ4n) is 3.91. The number of aryl methyl sites for hydroxylation is 2. The van der Waals surface area contributed by atoms with Gasteiger partial charge < -0.3 is 14.9 Å². The first-order chi connectivity index (χ1) is 10.8. The summed E-state index contributed by atoms with van der Waals surface area (Å²) in [7, 11) is 1.73. The average molecular weight is 318 g/mol. The molecule has 2 aliphatic rings. The van der Waals surface area contributed by atoms with Crippen LogP contribution in [0.4, 0.5) is 5.82 Å². The van der Waals surface area contributed by atoms with Gasteiger partial charge in [-0.25, -0.2) is 4.98 Å². The third-order valence-corrected chi connectivity index (χ3v) is 5.35. The monoisotopic (exact) mass is 318 g/mol. The van der Waals surface area contributed by atoms with E-state index in [1.807, 2.05) is 13.8 Å². The number of rotatable bonds is 2. The van der Waals surface area contributed by atoms with Crippen molar-refractivity contribution in [2.24, 2.45) is 5.92 Å². The standard InChI is InChI=1S/C16H22N4O3/c1-10-9-17-11(2)14(18-10)20-6-4-16(5-7-20)12(15(22)23)8-13(21)19(16)3/h9,12H,4-8H2,1-3H3,(H,22,23)/t12-/m0/s1. The molecule has 7 heteroatoms. The maximum absolute atomic E-state index is 12.0. The number of anilines is 1. The lowest BCUT2D eigenvalue weighted by Gasteiger charge is -2.46. The molecule has 1 atom stereocenters. The zero-order chi connectivity index (χ0) is 16.8. The summed E-state index contributed by atoms with van der Waals surface area (Å²) < 4.78 is 0. The van der Waals surface area contributed by atoms with Crippen molar-refractivity contribution in [3.8, 4) is 0 Å². The predicted octanol–water partition coefficient (Wildman–Crippen LogP) is 0.995. The Labute approximate surface area is 135 Å². The summed E-state index contributed by atoms with van der Waals surface area (Å²) in [6.45, 7) is 5.20. The van der Waals surface area contributed by atoms with Crippen LogP contribution in [0.15, 0.2) is 6.20 Å². The topological polar surface area (TPSA) is 86.6 Å². The van der Waals surface area contributed by atoms with Crippen molar-refractivity contribution in [2.45, 2.75) is 38.6 Å². The highest BCUT2D eigenvalue weighted by Crippen LogP contribution is 2.43. The lowest BCUT2D eigenvalue weighted by molar-refractivity contribution is -0.145. The summed E-state index contributed by atoms with van der Waals surface area (Å²) >= 11 is 0. The van der Waals surface area contributed by atoms with Crippen LogP contribution in [-0.4, -0.2) is 57.5 Å². The van der Waals surface area contributed by atoms with Crippen LogP contribution < -0.4 is 4.90 Å². The summed E-state index contributed by atoms with van der Waals surface area (Å²) in [4.78, 5) is 36.4. The molecule has 1 aromatic heterocycles. The number of carboxylic acids is 1. The van der Waals surface area contributed by atoms with E-state index in [0.717, 1.165) is 17.2 Å².